The van der Waals surface area contributed by atoms with E-state index in [1.807, 2.05) is 0 Å². The normalized spacial score (nSPS) is 17.5. The molecule has 0 aromatic heterocycles. The predicted octanol–water partition coefficient (Wildman–Crippen LogP) is 1.30. The molecule has 0 spiro atoms. The van der Waals surface area contributed by atoms with Gasteiger partial charge in [-0.2, -0.15) is 0 Å². The van der Waals surface area contributed by atoms with Gasteiger partial charge in [0, 0.05) is 5.02 Å². The lowest BCUT2D eigenvalue weighted by atomic mass is 10.3. The van der Waals surface area contributed by atoms with Crippen molar-refractivity contribution < 1.29 is 13.2 Å². The molecule has 90 valence electrons. The molecule has 1 heterocycles. The summed E-state index contributed by atoms with van der Waals surface area (Å²) < 4.78 is 28.4. The maximum absolute atomic E-state index is 11.6. The van der Waals surface area contributed by atoms with Gasteiger partial charge >= 0.3 is 0 Å². The van der Waals surface area contributed by atoms with E-state index in [9.17, 15) is 8.42 Å². The Morgan fingerprint density at radius 2 is 2.18 bits per heavy atom. The highest BCUT2D eigenvalue weighted by Crippen LogP contribution is 2.18. The Hall–Kier alpha value is -1.53. The Labute approximate surface area is 103 Å². The van der Waals surface area contributed by atoms with Crippen molar-refractivity contribution in [3.8, 4) is 5.75 Å². The highest BCUT2D eigenvalue weighted by Gasteiger charge is 2.27. The van der Waals surface area contributed by atoms with Crippen LogP contribution in [0.3, 0.4) is 0 Å². The zero-order valence-corrected chi connectivity index (χ0v) is 10.2. The van der Waals surface area contributed by atoms with Gasteiger partial charge in [0.05, 0.1) is 6.20 Å². The van der Waals surface area contributed by atoms with Gasteiger partial charge in [-0.25, -0.2) is 13.4 Å². The first-order chi connectivity index (χ1) is 8.00. The minimum atomic E-state index is -3.62. The van der Waals surface area contributed by atoms with Crippen LogP contribution in [0.4, 0.5) is 0 Å². The number of aliphatic imine (C=N–C) groups is 1. The van der Waals surface area contributed by atoms with Crippen LogP contribution in [0.25, 0.3) is 0 Å². The summed E-state index contributed by atoms with van der Waals surface area (Å²) in [6.07, 6.45) is 1.10. The molecule has 17 heavy (non-hydrogen) atoms. The number of ether oxygens (including phenoxy) is 1. The molecule has 1 aliphatic rings. The Morgan fingerprint density at radius 3 is 2.76 bits per heavy atom. The monoisotopic (exact) mass is 272 g/mol. The molecular weight excluding hydrogens is 264 g/mol. The molecule has 1 aromatic carbocycles. The van der Waals surface area contributed by atoms with Crippen molar-refractivity contribution in [2.75, 3.05) is 6.61 Å². The third kappa shape index (κ3) is 2.42. The summed E-state index contributed by atoms with van der Waals surface area (Å²) in [6.45, 7) is -0.167. The van der Waals surface area contributed by atoms with E-state index in [4.69, 9.17) is 22.1 Å². The molecule has 1 aromatic rings. The fraction of sp³-hybridized carbons (Fsp3) is 0.100. The first-order valence-electron chi connectivity index (χ1n) is 4.66. The summed E-state index contributed by atoms with van der Waals surface area (Å²) >= 11 is 5.76. The number of halogens is 1. The largest absolute Gasteiger partial charge is 0.486 e. The standard InChI is InChI=1S/C10H9ClN2O3S/c11-7-2-1-3-8(4-7)16-6-10-13-5-9(12)17(10,14)15/h1-5H,6,12H2. The molecule has 5 nitrogen and oxygen atoms in total. The van der Waals surface area contributed by atoms with Crippen LogP contribution in [0, 0.1) is 0 Å². The molecule has 0 saturated carbocycles. The molecule has 0 aliphatic carbocycles. The van der Waals surface area contributed by atoms with Gasteiger partial charge in [0.2, 0.25) is 9.84 Å². The SMILES string of the molecule is NC1=CN=C(COc2cccc(Cl)c2)S1(=O)=O. The number of hydrogen-bond acceptors (Lipinski definition) is 5. The van der Waals surface area contributed by atoms with Crippen molar-refractivity contribution in [1.82, 2.24) is 0 Å². The van der Waals surface area contributed by atoms with Crippen molar-refractivity contribution in [3.63, 3.8) is 0 Å². The van der Waals surface area contributed by atoms with E-state index in [-0.39, 0.29) is 16.7 Å². The lowest BCUT2D eigenvalue weighted by Gasteiger charge is -2.06. The van der Waals surface area contributed by atoms with Gasteiger partial charge in [-0.1, -0.05) is 17.7 Å². The lowest BCUT2D eigenvalue weighted by Crippen LogP contribution is -2.23. The molecule has 7 heteroatoms. The van der Waals surface area contributed by atoms with Gasteiger partial charge < -0.3 is 10.5 Å². The summed E-state index contributed by atoms with van der Waals surface area (Å²) in [7, 11) is -3.62. The highest BCUT2D eigenvalue weighted by atomic mass is 35.5. The number of benzene rings is 1. The Balaban J connectivity index is 2.07. The second-order valence-corrected chi connectivity index (χ2v) is 5.69. The Morgan fingerprint density at radius 1 is 1.41 bits per heavy atom. The molecule has 0 bridgehead atoms. The van der Waals surface area contributed by atoms with Gasteiger partial charge in [-0.05, 0) is 18.2 Å². The van der Waals surface area contributed by atoms with Crippen LogP contribution in [0.2, 0.25) is 5.02 Å². The zero-order valence-electron chi connectivity index (χ0n) is 8.63. The fourth-order valence-electron chi connectivity index (χ4n) is 1.23. The number of rotatable bonds is 3. The quantitative estimate of drug-likeness (QED) is 0.899. The van der Waals surface area contributed by atoms with Crippen LogP contribution < -0.4 is 10.5 Å². The van der Waals surface area contributed by atoms with E-state index in [0.717, 1.165) is 6.20 Å². The first-order valence-corrected chi connectivity index (χ1v) is 6.52. The van der Waals surface area contributed by atoms with Crippen LogP contribution in [0.15, 0.2) is 40.5 Å². The van der Waals surface area contributed by atoms with E-state index in [1.165, 1.54) is 0 Å². The van der Waals surface area contributed by atoms with Gasteiger partial charge in [0.25, 0.3) is 0 Å². The van der Waals surface area contributed by atoms with Crippen molar-refractivity contribution in [2.24, 2.45) is 10.7 Å². The summed E-state index contributed by atoms with van der Waals surface area (Å²) in [5.74, 6) is 0.473. The zero-order chi connectivity index (χ0) is 12.5. The minimum Gasteiger partial charge on any atom is -0.486 e. The second-order valence-electron chi connectivity index (χ2n) is 3.30. The summed E-state index contributed by atoms with van der Waals surface area (Å²) in [5.41, 5.74) is 5.28. The maximum Gasteiger partial charge on any atom is 0.239 e. The first kappa shape index (κ1) is 11.9. The summed E-state index contributed by atoms with van der Waals surface area (Å²) in [4.78, 5) is 3.69. The summed E-state index contributed by atoms with van der Waals surface area (Å²) in [6, 6.07) is 6.65. The molecule has 1 aliphatic heterocycles. The average Bonchev–Trinajstić information content (AvgIpc) is 2.52. The highest BCUT2D eigenvalue weighted by molar-refractivity contribution is 8.10. The maximum atomic E-state index is 11.6. The molecule has 0 radical (unpaired) electrons. The molecule has 0 unspecified atom stereocenters. The van der Waals surface area contributed by atoms with Crippen molar-refractivity contribution in [2.45, 2.75) is 0 Å². The number of hydrogen-bond donors (Lipinski definition) is 1. The van der Waals surface area contributed by atoms with Crippen LogP contribution >= 0.6 is 11.6 Å². The average molecular weight is 273 g/mol. The second kappa shape index (κ2) is 4.38. The van der Waals surface area contributed by atoms with Crippen LogP contribution in [-0.4, -0.2) is 20.1 Å². The van der Waals surface area contributed by atoms with E-state index in [2.05, 4.69) is 4.99 Å². The Kier molecular flexibility index (Phi) is 3.08. The molecular formula is C10H9ClN2O3S. The van der Waals surface area contributed by atoms with E-state index < -0.39 is 9.84 Å². The predicted molar refractivity (Wildman–Crippen MR) is 65.6 cm³/mol. The lowest BCUT2D eigenvalue weighted by molar-refractivity contribution is 0.378. The topological polar surface area (TPSA) is 81.8 Å². The van der Waals surface area contributed by atoms with E-state index in [0.29, 0.717) is 10.8 Å². The van der Waals surface area contributed by atoms with E-state index in [1.54, 1.807) is 24.3 Å². The molecule has 2 N–H and O–H groups in total. The number of nitrogens with two attached hydrogens (primary N) is 1. The van der Waals surface area contributed by atoms with Gasteiger partial charge in [-0.3, -0.25) is 0 Å². The molecule has 0 amide bonds. The van der Waals surface area contributed by atoms with Crippen LogP contribution in [0.5, 0.6) is 5.75 Å². The smallest absolute Gasteiger partial charge is 0.239 e. The summed E-state index contributed by atoms with van der Waals surface area (Å²) in [5, 5.41) is 0.147. The van der Waals surface area contributed by atoms with Crippen molar-refractivity contribution in [1.29, 1.82) is 0 Å². The Bertz CT molecular complexity index is 608. The number of nitrogens with zero attached hydrogens (tertiary/aromatic N) is 1. The molecule has 2 rings (SSSR count). The van der Waals surface area contributed by atoms with Gasteiger partial charge in [-0.15, -0.1) is 0 Å². The third-order valence-corrected chi connectivity index (χ3v) is 3.92. The molecule has 0 atom stereocenters. The van der Waals surface area contributed by atoms with E-state index >= 15 is 0 Å². The van der Waals surface area contributed by atoms with Crippen LogP contribution in [0.1, 0.15) is 0 Å². The van der Waals surface area contributed by atoms with Crippen molar-refractivity contribution >= 4 is 26.5 Å². The molecule has 0 fully saturated rings. The van der Waals surface area contributed by atoms with Crippen molar-refractivity contribution in [3.05, 3.63) is 40.5 Å². The number of sulfone groups is 1. The minimum absolute atomic E-state index is 0.102. The van der Waals surface area contributed by atoms with Gasteiger partial charge in [0.15, 0.2) is 10.1 Å². The fourth-order valence-corrected chi connectivity index (χ4v) is 2.28. The molecule has 0 saturated heterocycles. The van der Waals surface area contributed by atoms with Crippen LogP contribution in [-0.2, 0) is 9.84 Å². The van der Waals surface area contributed by atoms with Gasteiger partial charge in [0.1, 0.15) is 12.4 Å². The third-order valence-electron chi connectivity index (χ3n) is 2.11.